The molecule has 2 amide bonds. The van der Waals surface area contributed by atoms with Crippen molar-refractivity contribution in [3.63, 3.8) is 0 Å². The number of hydrogen-bond acceptors (Lipinski definition) is 4. The van der Waals surface area contributed by atoms with Gasteiger partial charge in [0.05, 0.1) is 22.5 Å². The SMILES string of the molecule is O=C(CNC(=O)c1cccs1)Nc1ccc(-c2nc3ccccc3[nH]2)cc1. The molecule has 4 rings (SSSR count). The van der Waals surface area contributed by atoms with Crippen molar-refractivity contribution in [3.05, 3.63) is 70.9 Å². The number of aromatic amines is 1. The Hall–Kier alpha value is -3.45. The molecule has 0 fully saturated rings. The van der Waals surface area contributed by atoms with E-state index < -0.39 is 0 Å². The van der Waals surface area contributed by atoms with E-state index in [1.807, 2.05) is 53.9 Å². The second-order valence-corrected chi connectivity index (χ2v) is 6.84. The fourth-order valence-electron chi connectivity index (χ4n) is 2.66. The van der Waals surface area contributed by atoms with Crippen molar-refractivity contribution in [1.82, 2.24) is 15.3 Å². The summed E-state index contributed by atoms with van der Waals surface area (Å²) in [5.41, 5.74) is 3.47. The Morgan fingerprint density at radius 3 is 2.56 bits per heavy atom. The lowest BCUT2D eigenvalue weighted by Gasteiger charge is -2.07. The van der Waals surface area contributed by atoms with Crippen molar-refractivity contribution in [2.75, 3.05) is 11.9 Å². The predicted molar refractivity (Wildman–Crippen MR) is 107 cm³/mol. The van der Waals surface area contributed by atoms with Crippen LogP contribution in [0.1, 0.15) is 9.67 Å². The lowest BCUT2D eigenvalue weighted by molar-refractivity contribution is -0.115. The summed E-state index contributed by atoms with van der Waals surface area (Å²) >= 11 is 1.33. The molecule has 6 nitrogen and oxygen atoms in total. The largest absolute Gasteiger partial charge is 0.342 e. The number of para-hydroxylation sites is 2. The van der Waals surface area contributed by atoms with Crippen LogP contribution in [0.25, 0.3) is 22.4 Å². The van der Waals surface area contributed by atoms with Crippen LogP contribution < -0.4 is 10.6 Å². The zero-order chi connectivity index (χ0) is 18.6. The molecule has 2 aromatic carbocycles. The highest BCUT2D eigenvalue weighted by molar-refractivity contribution is 7.12. The van der Waals surface area contributed by atoms with Gasteiger partial charge in [-0.2, -0.15) is 0 Å². The molecule has 2 aromatic heterocycles. The minimum Gasteiger partial charge on any atom is -0.342 e. The minimum atomic E-state index is -0.281. The molecule has 4 aromatic rings. The number of anilines is 1. The van der Waals surface area contributed by atoms with Gasteiger partial charge in [0.15, 0.2) is 0 Å². The molecule has 0 unspecified atom stereocenters. The third kappa shape index (κ3) is 3.88. The number of fused-ring (bicyclic) bond motifs is 1. The number of imidazole rings is 1. The molecule has 27 heavy (non-hydrogen) atoms. The van der Waals surface area contributed by atoms with Gasteiger partial charge in [0.1, 0.15) is 5.82 Å². The predicted octanol–water partition coefficient (Wildman–Crippen LogP) is 3.66. The zero-order valence-corrected chi connectivity index (χ0v) is 15.0. The smallest absolute Gasteiger partial charge is 0.261 e. The molecule has 0 saturated heterocycles. The summed E-state index contributed by atoms with van der Waals surface area (Å²) < 4.78 is 0. The van der Waals surface area contributed by atoms with Crippen molar-refractivity contribution >= 4 is 39.9 Å². The van der Waals surface area contributed by atoms with Crippen molar-refractivity contribution < 1.29 is 9.59 Å². The minimum absolute atomic E-state index is 0.0813. The van der Waals surface area contributed by atoms with E-state index in [0.717, 1.165) is 22.4 Å². The molecule has 2 heterocycles. The van der Waals surface area contributed by atoms with Gasteiger partial charge in [-0.25, -0.2) is 4.98 Å². The van der Waals surface area contributed by atoms with Crippen LogP contribution in [0.5, 0.6) is 0 Å². The first-order valence-electron chi connectivity index (χ1n) is 8.36. The number of thiophene rings is 1. The molecule has 3 N–H and O–H groups in total. The number of amides is 2. The second-order valence-electron chi connectivity index (χ2n) is 5.89. The summed E-state index contributed by atoms with van der Waals surface area (Å²) in [5.74, 6) is 0.245. The van der Waals surface area contributed by atoms with E-state index in [9.17, 15) is 9.59 Å². The van der Waals surface area contributed by atoms with E-state index in [0.29, 0.717) is 10.6 Å². The van der Waals surface area contributed by atoms with Crippen molar-refractivity contribution in [2.45, 2.75) is 0 Å². The molecule has 0 bridgehead atoms. The Bertz CT molecular complexity index is 1050. The van der Waals surface area contributed by atoms with Crippen molar-refractivity contribution in [3.8, 4) is 11.4 Å². The molecule has 134 valence electrons. The van der Waals surface area contributed by atoms with Crippen LogP contribution in [0, 0.1) is 0 Å². The zero-order valence-electron chi connectivity index (χ0n) is 14.2. The van der Waals surface area contributed by atoms with Gasteiger partial charge in [-0.15, -0.1) is 11.3 Å². The average molecular weight is 376 g/mol. The van der Waals surface area contributed by atoms with Crippen LogP contribution in [0.3, 0.4) is 0 Å². The number of nitrogens with one attached hydrogen (secondary N) is 3. The number of aromatic nitrogens is 2. The van der Waals surface area contributed by atoms with Crippen LogP contribution in [0.15, 0.2) is 66.0 Å². The van der Waals surface area contributed by atoms with Gasteiger partial charge < -0.3 is 15.6 Å². The van der Waals surface area contributed by atoms with Gasteiger partial charge >= 0.3 is 0 Å². The molecule has 0 aliphatic rings. The summed E-state index contributed by atoms with van der Waals surface area (Å²) in [5, 5.41) is 7.19. The number of carbonyl (C=O) groups excluding carboxylic acids is 2. The lowest BCUT2D eigenvalue weighted by Crippen LogP contribution is -2.32. The van der Waals surface area contributed by atoms with E-state index in [1.54, 1.807) is 12.1 Å². The van der Waals surface area contributed by atoms with Crippen LogP contribution in [-0.2, 0) is 4.79 Å². The fourth-order valence-corrected chi connectivity index (χ4v) is 3.30. The summed E-state index contributed by atoms with van der Waals surface area (Å²) in [6, 6.07) is 18.7. The Morgan fingerprint density at radius 2 is 1.81 bits per heavy atom. The quantitative estimate of drug-likeness (QED) is 0.497. The van der Waals surface area contributed by atoms with Gasteiger partial charge in [0.2, 0.25) is 5.91 Å². The maximum absolute atomic E-state index is 12.0. The molecule has 0 aliphatic carbocycles. The summed E-state index contributed by atoms with van der Waals surface area (Å²) in [6.45, 7) is -0.0813. The average Bonchev–Trinajstić information content (AvgIpc) is 3.36. The first kappa shape index (κ1) is 17.0. The standard InChI is InChI=1S/C20H16N4O2S/c25-18(12-21-20(26)17-6-3-11-27-17)22-14-9-7-13(8-10-14)19-23-15-4-1-2-5-16(15)24-19/h1-11H,12H2,(H,21,26)(H,22,25)(H,23,24). The Morgan fingerprint density at radius 1 is 1.00 bits per heavy atom. The van der Waals surface area contributed by atoms with Crippen molar-refractivity contribution in [2.24, 2.45) is 0 Å². The van der Waals surface area contributed by atoms with Crippen LogP contribution in [0.4, 0.5) is 5.69 Å². The highest BCUT2D eigenvalue weighted by Gasteiger charge is 2.09. The van der Waals surface area contributed by atoms with E-state index in [1.165, 1.54) is 11.3 Å². The lowest BCUT2D eigenvalue weighted by atomic mass is 10.2. The summed E-state index contributed by atoms with van der Waals surface area (Å²) in [4.78, 5) is 32.3. The molecule has 7 heteroatoms. The number of carbonyl (C=O) groups is 2. The maximum atomic E-state index is 12.0. The first-order chi connectivity index (χ1) is 13.2. The molecular formula is C20H16N4O2S. The van der Waals surface area contributed by atoms with Gasteiger partial charge in [0, 0.05) is 11.3 Å². The molecule has 0 spiro atoms. The molecule has 0 saturated carbocycles. The molecular weight excluding hydrogens is 360 g/mol. The van der Waals surface area contributed by atoms with Gasteiger partial charge in [-0.3, -0.25) is 9.59 Å². The molecule has 0 aliphatic heterocycles. The Balaban J connectivity index is 1.37. The monoisotopic (exact) mass is 376 g/mol. The van der Waals surface area contributed by atoms with Gasteiger partial charge in [-0.05, 0) is 47.8 Å². The summed E-state index contributed by atoms with van der Waals surface area (Å²) in [6.07, 6.45) is 0. The van der Waals surface area contributed by atoms with Crippen LogP contribution in [-0.4, -0.2) is 28.3 Å². The van der Waals surface area contributed by atoms with E-state index in [2.05, 4.69) is 20.6 Å². The second kappa shape index (κ2) is 7.43. The number of rotatable bonds is 5. The van der Waals surface area contributed by atoms with Gasteiger partial charge in [0.25, 0.3) is 5.91 Å². The fraction of sp³-hybridized carbons (Fsp3) is 0.0500. The molecule has 0 atom stereocenters. The number of benzene rings is 2. The highest BCUT2D eigenvalue weighted by atomic mass is 32.1. The van der Waals surface area contributed by atoms with E-state index >= 15 is 0 Å². The van der Waals surface area contributed by atoms with Crippen molar-refractivity contribution in [1.29, 1.82) is 0 Å². The number of hydrogen-bond donors (Lipinski definition) is 3. The highest BCUT2D eigenvalue weighted by Crippen LogP contribution is 2.22. The topological polar surface area (TPSA) is 86.9 Å². The Kier molecular flexibility index (Phi) is 4.67. The first-order valence-corrected chi connectivity index (χ1v) is 9.24. The van der Waals surface area contributed by atoms with Crippen LogP contribution in [0.2, 0.25) is 0 Å². The van der Waals surface area contributed by atoms with E-state index in [4.69, 9.17) is 0 Å². The van der Waals surface area contributed by atoms with Crippen LogP contribution >= 0.6 is 11.3 Å². The van der Waals surface area contributed by atoms with E-state index in [-0.39, 0.29) is 18.4 Å². The Labute approximate surface area is 159 Å². The normalized spacial score (nSPS) is 10.7. The van der Waals surface area contributed by atoms with Gasteiger partial charge in [-0.1, -0.05) is 18.2 Å². The third-order valence-corrected chi connectivity index (χ3v) is 4.85. The third-order valence-electron chi connectivity index (χ3n) is 3.99. The number of H-pyrrole nitrogens is 1. The number of nitrogens with zero attached hydrogens (tertiary/aromatic N) is 1. The maximum Gasteiger partial charge on any atom is 0.261 e. The molecule has 0 radical (unpaired) electrons. The summed E-state index contributed by atoms with van der Waals surface area (Å²) in [7, 11) is 0.